The van der Waals surface area contributed by atoms with Crippen LogP contribution in [0.1, 0.15) is 70.9 Å². The molecule has 1 aliphatic carbocycles. The number of rotatable bonds is 11. The Kier molecular flexibility index (Phi) is 9.78. The Balaban J connectivity index is 1.51. The number of fused-ring (bicyclic) bond motifs is 1. The summed E-state index contributed by atoms with van der Waals surface area (Å²) in [4.78, 5) is 3.63. The Bertz CT molecular complexity index is 1840. The van der Waals surface area contributed by atoms with Crippen molar-refractivity contribution >= 4 is 32.4 Å². The second kappa shape index (κ2) is 13.4. The highest BCUT2D eigenvalue weighted by Gasteiger charge is 2.30. The third kappa shape index (κ3) is 6.77. The zero-order chi connectivity index (χ0) is 33.3. The molecule has 0 spiro atoms. The minimum atomic E-state index is -4.66. The molecular formula is C32H38F4N6O3S. The normalized spacial score (nSPS) is 17.8. The van der Waals surface area contributed by atoms with Crippen molar-refractivity contribution < 1.29 is 30.7 Å². The summed E-state index contributed by atoms with van der Waals surface area (Å²) in [6.45, 7) is 7.52. The first-order chi connectivity index (χ1) is 21.8. The van der Waals surface area contributed by atoms with Crippen LogP contribution in [0.2, 0.25) is 0 Å². The first-order valence-corrected chi connectivity index (χ1v) is 16.8. The van der Waals surface area contributed by atoms with Gasteiger partial charge in [-0.25, -0.2) is 31.0 Å². The number of anilines is 2. The number of nitrogens with one attached hydrogen (secondary N) is 2. The van der Waals surface area contributed by atoms with Gasteiger partial charge in [-0.3, -0.25) is 9.40 Å². The third-order valence-electron chi connectivity index (χ3n) is 8.19. The molecule has 1 saturated carbocycles. The van der Waals surface area contributed by atoms with Gasteiger partial charge in [-0.2, -0.15) is 5.10 Å². The highest BCUT2D eigenvalue weighted by molar-refractivity contribution is 7.92. The number of aromatic nitrogens is 3. The Labute approximate surface area is 265 Å². The predicted octanol–water partition coefficient (Wildman–Crippen LogP) is 6.85. The number of hydrogen-bond acceptors (Lipinski definition) is 7. The summed E-state index contributed by atoms with van der Waals surface area (Å²) in [5.41, 5.74) is 7.00. The van der Waals surface area contributed by atoms with Crippen LogP contribution in [-0.2, 0) is 10.0 Å². The van der Waals surface area contributed by atoms with Crippen molar-refractivity contribution in [2.75, 3.05) is 23.6 Å². The van der Waals surface area contributed by atoms with Gasteiger partial charge < -0.3 is 15.8 Å². The van der Waals surface area contributed by atoms with Crippen LogP contribution < -0.4 is 20.5 Å². The highest BCUT2D eigenvalue weighted by atomic mass is 32.2. The zero-order valence-electron chi connectivity index (χ0n) is 26.1. The number of nitrogens with two attached hydrogens (primary N) is 1. The van der Waals surface area contributed by atoms with Gasteiger partial charge in [-0.15, -0.1) is 0 Å². The molecule has 9 nitrogen and oxygen atoms in total. The molecule has 0 bridgehead atoms. The van der Waals surface area contributed by atoms with Gasteiger partial charge in [-0.1, -0.05) is 0 Å². The van der Waals surface area contributed by atoms with E-state index in [9.17, 15) is 17.2 Å². The molecule has 2 aromatic heterocycles. The van der Waals surface area contributed by atoms with E-state index < -0.39 is 44.2 Å². The predicted molar refractivity (Wildman–Crippen MR) is 170 cm³/mol. The molecule has 0 amide bonds. The fourth-order valence-electron chi connectivity index (χ4n) is 5.97. The number of hydrogen-bond donors (Lipinski definition) is 3. The van der Waals surface area contributed by atoms with Crippen LogP contribution in [0.4, 0.5) is 29.1 Å². The van der Waals surface area contributed by atoms with Gasteiger partial charge in [0.25, 0.3) is 10.0 Å². The molecule has 1 fully saturated rings. The lowest BCUT2D eigenvalue weighted by molar-refractivity contribution is 0.290. The minimum absolute atomic E-state index is 0.0594. The van der Waals surface area contributed by atoms with Crippen LogP contribution >= 0.6 is 0 Å². The fourth-order valence-corrected chi connectivity index (χ4v) is 7.12. The van der Waals surface area contributed by atoms with Crippen molar-refractivity contribution in [1.82, 2.24) is 20.1 Å². The summed E-state index contributed by atoms with van der Waals surface area (Å²) in [6, 6.07) is 4.69. The lowest BCUT2D eigenvalue weighted by atomic mass is 9.81. The Morgan fingerprint density at radius 3 is 2.41 bits per heavy atom. The Morgan fingerprint density at radius 2 is 1.76 bits per heavy atom. The van der Waals surface area contributed by atoms with Crippen molar-refractivity contribution in [1.29, 1.82) is 0 Å². The maximum atomic E-state index is 15.8. The molecule has 4 aromatic rings. The average molecular weight is 663 g/mol. The van der Waals surface area contributed by atoms with Crippen LogP contribution in [0.15, 0.2) is 41.4 Å². The lowest BCUT2D eigenvalue weighted by Gasteiger charge is -2.30. The molecule has 0 radical (unpaired) electrons. The molecule has 0 saturated heterocycles. The molecule has 14 heteroatoms. The number of nitrogens with zero attached hydrogens (tertiary/aromatic N) is 3. The van der Waals surface area contributed by atoms with E-state index in [1.807, 2.05) is 18.6 Å². The van der Waals surface area contributed by atoms with Crippen LogP contribution in [-0.4, -0.2) is 48.5 Å². The number of benzene rings is 2. The van der Waals surface area contributed by atoms with E-state index in [0.717, 1.165) is 49.4 Å². The maximum absolute atomic E-state index is 15.8. The van der Waals surface area contributed by atoms with E-state index in [1.54, 1.807) is 17.8 Å². The number of sulfonamides is 1. The monoisotopic (exact) mass is 662 g/mol. The molecule has 0 aliphatic heterocycles. The van der Waals surface area contributed by atoms with E-state index >= 15 is 8.78 Å². The zero-order valence-corrected chi connectivity index (χ0v) is 26.9. The quantitative estimate of drug-likeness (QED) is 0.150. The van der Waals surface area contributed by atoms with Crippen molar-refractivity contribution in [3.8, 4) is 17.0 Å². The molecular weight excluding hydrogens is 624 g/mol. The molecule has 1 aliphatic rings. The van der Waals surface area contributed by atoms with Crippen molar-refractivity contribution in [3.05, 3.63) is 59.5 Å². The number of halogens is 4. The SMILES string of the molecule is CCOc1ccc(F)c(S(=O)(=O)Nc2cc(F)c(-c3nn(C(C)C)c4c(C5CCC(NCC(C)F)CC5)cnc(N)c34)cc2F)c1. The van der Waals surface area contributed by atoms with Gasteiger partial charge in [0.2, 0.25) is 0 Å². The molecule has 1 unspecified atom stereocenters. The van der Waals surface area contributed by atoms with Gasteiger partial charge >= 0.3 is 0 Å². The first kappa shape index (κ1) is 33.5. The molecule has 46 heavy (non-hydrogen) atoms. The highest BCUT2D eigenvalue weighted by Crippen LogP contribution is 2.42. The largest absolute Gasteiger partial charge is 0.494 e. The summed E-state index contributed by atoms with van der Waals surface area (Å²) >= 11 is 0. The Morgan fingerprint density at radius 1 is 1.04 bits per heavy atom. The van der Waals surface area contributed by atoms with Crippen LogP contribution in [0.3, 0.4) is 0 Å². The summed E-state index contributed by atoms with van der Waals surface area (Å²) in [5, 5.41) is 8.30. The molecule has 1 atom stereocenters. The Hall–Kier alpha value is -3.91. The number of pyridine rings is 1. The molecule has 2 heterocycles. The van der Waals surface area contributed by atoms with E-state index in [4.69, 9.17) is 10.5 Å². The van der Waals surface area contributed by atoms with Gasteiger partial charge in [0, 0.05) is 42.5 Å². The minimum Gasteiger partial charge on any atom is -0.494 e. The molecule has 2 aromatic carbocycles. The molecule has 248 valence electrons. The molecule has 4 N–H and O–H groups in total. The van der Waals surface area contributed by atoms with Crippen molar-refractivity contribution in [2.24, 2.45) is 0 Å². The summed E-state index contributed by atoms with van der Waals surface area (Å²) in [6.07, 6.45) is 4.06. The number of nitrogen functional groups attached to an aromatic ring is 1. The standard InChI is InChI=1S/C32H38F4N6O3S/c1-5-45-21-10-11-24(34)28(12-21)46(43,44)41-27-14-25(35)22(13-26(27)36)30-29-31(42(40-30)17(2)3)23(16-39-32(29)37)19-6-8-20(9-7-19)38-15-18(4)33/h10-14,16-20,38,41H,5-9,15H2,1-4H3,(H2,37,39). The van der Waals surface area contributed by atoms with Crippen molar-refractivity contribution in [2.45, 2.75) is 82.4 Å². The van der Waals surface area contributed by atoms with E-state index in [0.29, 0.717) is 23.5 Å². The average Bonchev–Trinajstić information content (AvgIpc) is 3.41. The summed E-state index contributed by atoms with van der Waals surface area (Å²) in [5.74, 6) is -2.89. The van der Waals surface area contributed by atoms with Crippen LogP contribution in [0.25, 0.3) is 22.2 Å². The number of ether oxygens (including phenoxy) is 1. The second-order valence-corrected chi connectivity index (χ2v) is 13.5. The van der Waals surface area contributed by atoms with E-state index in [1.165, 1.54) is 13.0 Å². The summed E-state index contributed by atoms with van der Waals surface area (Å²) < 4.78 is 94.1. The van der Waals surface area contributed by atoms with Gasteiger partial charge in [0.1, 0.15) is 45.8 Å². The number of alkyl halides is 1. The van der Waals surface area contributed by atoms with Gasteiger partial charge in [0.15, 0.2) is 0 Å². The van der Waals surface area contributed by atoms with Crippen LogP contribution in [0.5, 0.6) is 5.75 Å². The lowest BCUT2D eigenvalue weighted by Crippen LogP contribution is -2.36. The van der Waals surface area contributed by atoms with E-state index in [-0.39, 0.29) is 47.4 Å². The van der Waals surface area contributed by atoms with E-state index in [2.05, 4.69) is 15.4 Å². The van der Waals surface area contributed by atoms with Crippen molar-refractivity contribution in [3.63, 3.8) is 0 Å². The van der Waals surface area contributed by atoms with Crippen LogP contribution in [0, 0.1) is 17.5 Å². The second-order valence-electron chi connectivity index (χ2n) is 11.9. The maximum Gasteiger partial charge on any atom is 0.265 e. The molecule has 5 rings (SSSR count). The van der Waals surface area contributed by atoms with Gasteiger partial charge in [0.05, 0.1) is 23.2 Å². The summed E-state index contributed by atoms with van der Waals surface area (Å²) in [7, 11) is -4.66. The smallest absolute Gasteiger partial charge is 0.265 e. The first-order valence-electron chi connectivity index (χ1n) is 15.3. The topological polar surface area (TPSA) is 124 Å². The van der Waals surface area contributed by atoms with Gasteiger partial charge in [-0.05, 0) is 83.1 Å². The third-order valence-corrected chi connectivity index (χ3v) is 9.57. The fraction of sp³-hybridized carbons (Fsp3) is 0.438.